The third-order valence-corrected chi connectivity index (χ3v) is 2.64. The summed E-state index contributed by atoms with van der Waals surface area (Å²) in [5.74, 6) is 0.205. The highest BCUT2D eigenvalue weighted by Gasteiger charge is 2.02. The third-order valence-electron chi connectivity index (χ3n) is 1.54. The average Bonchev–Trinajstić information content (AvgIpc) is 2.16. The number of rotatable bonds is 4. The highest BCUT2D eigenvalue weighted by atomic mass is 32.2. The van der Waals surface area contributed by atoms with E-state index in [-0.39, 0.29) is 19.0 Å². The zero-order valence-electron chi connectivity index (χ0n) is 7.03. The van der Waals surface area contributed by atoms with Gasteiger partial charge in [-0.2, -0.15) is 0 Å². The predicted octanol–water partition coefficient (Wildman–Crippen LogP) is 1.40. The summed E-state index contributed by atoms with van der Waals surface area (Å²) in [5.41, 5.74) is 0.568. The molecular formula is C9H11FO2S. The Bertz CT molecular complexity index is 278. The van der Waals surface area contributed by atoms with E-state index in [1.807, 2.05) is 0 Å². The molecule has 0 saturated heterocycles. The Morgan fingerprint density at radius 3 is 2.69 bits per heavy atom. The lowest BCUT2D eigenvalue weighted by Crippen LogP contribution is -1.92. The fourth-order valence-corrected chi connectivity index (χ4v) is 1.75. The lowest BCUT2D eigenvalue weighted by atomic mass is 10.2. The van der Waals surface area contributed by atoms with Crippen LogP contribution in [0.3, 0.4) is 0 Å². The molecule has 0 fully saturated rings. The monoisotopic (exact) mass is 202 g/mol. The zero-order chi connectivity index (χ0) is 9.68. The second-order valence-corrected chi connectivity index (χ2v) is 3.62. The van der Waals surface area contributed by atoms with Crippen molar-refractivity contribution < 1.29 is 14.6 Å². The summed E-state index contributed by atoms with van der Waals surface area (Å²) in [5, 5.41) is 17.5. The standard InChI is InChI=1S/C9H11FO2S/c10-8-1-2-9(13-4-3-11)7(5-8)6-12/h1-2,5,11-12H,3-4,6H2. The zero-order valence-corrected chi connectivity index (χ0v) is 7.85. The van der Waals surface area contributed by atoms with Crippen molar-refractivity contribution >= 4 is 11.8 Å². The molecule has 13 heavy (non-hydrogen) atoms. The van der Waals surface area contributed by atoms with Gasteiger partial charge >= 0.3 is 0 Å². The van der Waals surface area contributed by atoms with E-state index in [2.05, 4.69) is 0 Å². The lowest BCUT2D eigenvalue weighted by molar-refractivity contribution is 0.278. The number of hydrogen-bond donors (Lipinski definition) is 2. The van der Waals surface area contributed by atoms with Crippen molar-refractivity contribution in [1.29, 1.82) is 0 Å². The van der Waals surface area contributed by atoms with E-state index in [1.165, 1.54) is 23.9 Å². The molecule has 0 amide bonds. The molecular weight excluding hydrogens is 191 g/mol. The SMILES string of the molecule is OCCSc1ccc(F)cc1CO. The number of aliphatic hydroxyl groups is 2. The first-order chi connectivity index (χ1) is 6.27. The molecule has 0 saturated carbocycles. The highest BCUT2D eigenvalue weighted by molar-refractivity contribution is 7.99. The van der Waals surface area contributed by atoms with Gasteiger partial charge in [0.25, 0.3) is 0 Å². The summed E-state index contributed by atoms with van der Waals surface area (Å²) < 4.78 is 12.7. The summed E-state index contributed by atoms with van der Waals surface area (Å²) in [6.07, 6.45) is 0. The first kappa shape index (κ1) is 10.5. The van der Waals surface area contributed by atoms with Crippen LogP contribution in [0, 0.1) is 5.82 Å². The molecule has 1 rings (SSSR count). The molecule has 2 nitrogen and oxygen atoms in total. The molecule has 1 aromatic rings. The summed E-state index contributed by atoms with van der Waals surface area (Å²) in [6.45, 7) is -0.0988. The molecule has 0 aromatic heterocycles. The minimum atomic E-state index is -0.350. The van der Waals surface area contributed by atoms with E-state index in [1.54, 1.807) is 6.07 Å². The van der Waals surface area contributed by atoms with Gasteiger partial charge in [-0.25, -0.2) is 4.39 Å². The topological polar surface area (TPSA) is 40.5 Å². The molecule has 1 aromatic carbocycles. The Labute approximate surface area is 80.4 Å². The van der Waals surface area contributed by atoms with E-state index >= 15 is 0 Å². The number of thioether (sulfide) groups is 1. The van der Waals surface area contributed by atoms with Gasteiger partial charge in [0.05, 0.1) is 13.2 Å². The van der Waals surface area contributed by atoms with E-state index in [4.69, 9.17) is 10.2 Å². The van der Waals surface area contributed by atoms with E-state index in [0.29, 0.717) is 11.3 Å². The van der Waals surface area contributed by atoms with Gasteiger partial charge in [-0.15, -0.1) is 11.8 Å². The molecule has 0 spiro atoms. The molecule has 0 aliphatic heterocycles. The molecule has 0 heterocycles. The molecule has 2 N–H and O–H groups in total. The fraction of sp³-hybridized carbons (Fsp3) is 0.333. The minimum Gasteiger partial charge on any atom is -0.396 e. The van der Waals surface area contributed by atoms with Crippen molar-refractivity contribution in [1.82, 2.24) is 0 Å². The van der Waals surface area contributed by atoms with Crippen molar-refractivity contribution in [2.45, 2.75) is 11.5 Å². The lowest BCUT2D eigenvalue weighted by Gasteiger charge is -2.05. The number of benzene rings is 1. The van der Waals surface area contributed by atoms with Crippen LogP contribution in [-0.2, 0) is 6.61 Å². The summed E-state index contributed by atoms with van der Waals surface area (Å²) in [6, 6.07) is 4.26. The predicted molar refractivity (Wildman–Crippen MR) is 50.1 cm³/mol. The van der Waals surface area contributed by atoms with Gasteiger partial charge in [0, 0.05) is 10.6 Å². The quantitative estimate of drug-likeness (QED) is 0.725. The smallest absolute Gasteiger partial charge is 0.123 e. The first-order valence-corrected chi connectivity index (χ1v) is 4.89. The molecule has 4 heteroatoms. The van der Waals surface area contributed by atoms with Gasteiger partial charge in [0.1, 0.15) is 5.82 Å². The molecule has 0 aliphatic carbocycles. The Balaban J connectivity index is 2.79. The Kier molecular flexibility index (Phi) is 4.21. The van der Waals surface area contributed by atoms with Crippen molar-refractivity contribution in [2.75, 3.05) is 12.4 Å². The van der Waals surface area contributed by atoms with E-state index < -0.39 is 0 Å². The Morgan fingerprint density at radius 1 is 1.31 bits per heavy atom. The van der Waals surface area contributed by atoms with Crippen LogP contribution in [-0.4, -0.2) is 22.6 Å². The maximum absolute atomic E-state index is 12.7. The summed E-state index contributed by atoms with van der Waals surface area (Å²) in [7, 11) is 0. The second-order valence-electron chi connectivity index (χ2n) is 2.48. The number of hydrogen-bond acceptors (Lipinski definition) is 3. The minimum absolute atomic E-state index is 0.0763. The number of aliphatic hydroxyl groups excluding tert-OH is 2. The van der Waals surface area contributed by atoms with E-state index in [0.717, 1.165) is 4.90 Å². The van der Waals surface area contributed by atoms with Gasteiger partial charge < -0.3 is 10.2 Å². The van der Waals surface area contributed by atoms with Crippen LogP contribution < -0.4 is 0 Å². The molecule has 0 aliphatic rings. The Hall–Kier alpha value is -0.580. The van der Waals surface area contributed by atoms with Crippen LogP contribution in [0.25, 0.3) is 0 Å². The van der Waals surface area contributed by atoms with Crippen LogP contribution >= 0.6 is 11.8 Å². The van der Waals surface area contributed by atoms with Crippen LogP contribution in [0.15, 0.2) is 23.1 Å². The van der Waals surface area contributed by atoms with Gasteiger partial charge in [-0.1, -0.05) is 0 Å². The van der Waals surface area contributed by atoms with Gasteiger partial charge in [-0.3, -0.25) is 0 Å². The highest BCUT2D eigenvalue weighted by Crippen LogP contribution is 2.23. The summed E-state index contributed by atoms with van der Waals surface area (Å²) >= 11 is 1.40. The molecule has 72 valence electrons. The van der Waals surface area contributed by atoms with Gasteiger partial charge in [0.15, 0.2) is 0 Å². The van der Waals surface area contributed by atoms with Crippen molar-refractivity contribution in [3.05, 3.63) is 29.6 Å². The normalized spacial score (nSPS) is 10.4. The van der Waals surface area contributed by atoms with Crippen LogP contribution in [0.5, 0.6) is 0 Å². The Morgan fingerprint density at radius 2 is 2.08 bits per heavy atom. The number of halogens is 1. The summed E-state index contributed by atoms with van der Waals surface area (Å²) in [4.78, 5) is 0.818. The van der Waals surface area contributed by atoms with Gasteiger partial charge in [0.2, 0.25) is 0 Å². The maximum atomic E-state index is 12.7. The van der Waals surface area contributed by atoms with Crippen LogP contribution in [0.1, 0.15) is 5.56 Å². The van der Waals surface area contributed by atoms with E-state index in [9.17, 15) is 4.39 Å². The van der Waals surface area contributed by atoms with Gasteiger partial charge in [-0.05, 0) is 23.8 Å². The first-order valence-electron chi connectivity index (χ1n) is 3.91. The second kappa shape index (κ2) is 5.21. The van der Waals surface area contributed by atoms with Crippen molar-refractivity contribution in [3.63, 3.8) is 0 Å². The fourth-order valence-electron chi connectivity index (χ4n) is 0.968. The van der Waals surface area contributed by atoms with Crippen molar-refractivity contribution in [3.8, 4) is 0 Å². The third kappa shape index (κ3) is 2.99. The van der Waals surface area contributed by atoms with Crippen LogP contribution in [0.4, 0.5) is 4.39 Å². The molecule has 0 unspecified atom stereocenters. The maximum Gasteiger partial charge on any atom is 0.123 e. The average molecular weight is 202 g/mol. The molecule has 0 radical (unpaired) electrons. The molecule has 0 bridgehead atoms. The van der Waals surface area contributed by atoms with Crippen LogP contribution in [0.2, 0.25) is 0 Å². The largest absolute Gasteiger partial charge is 0.396 e. The van der Waals surface area contributed by atoms with Crippen molar-refractivity contribution in [2.24, 2.45) is 0 Å². The molecule has 0 atom stereocenters.